The Labute approximate surface area is 134 Å². The Kier molecular flexibility index (Phi) is 5.13. The van der Waals surface area contributed by atoms with Crippen molar-refractivity contribution in [2.75, 3.05) is 12.4 Å². The molecular formula is C14H12Br2ClNO. The smallest absolute Gasteiger partial charge is 0.138 e. The van der Waals surface area contributed by atoms with Gasteiger partial charge in [-0.05, 0) is 52.3 Å². The molecule has 0 aliphatic heterocycles. The Morgan fingerprint density at radius 1 is 1.16 bits per heavy atom. The number of hydrogen-bond donors (Lipinski definition) is 1. The van der Waals surface area contributed by atoms with Crippen LogP contribution in [0.1, 0.15) is 5.56 Å². The molecule has 0 atom stereocenters. The van der Waals surface area contributed by atoms with Gasteiger partial charge in [0.2, 0.25) is 0 Å². The number of rotatable bonds is 4. The molecule has 2 nitrogen and oxygen atoms in total. The van der Waals surface area contributed by atoms with E-state index in [1.807, 2.05) is 36.4 Å². The molecule has 0 saturated heterocycles. The Balaban J connectivity index is 2.17. The predicted molar refractivity (Wildman–Crippen MR) is 87.2 cm³/mol. The summed E-state index contributed by atoms with van der Waals surface area (Å²) >= 11 is 12.8. The Morgan fingerprint density at radius 2 is 1.84 bits per heavy atom. The van der Waals surface area contributed by atoms with Crippen LogP contribution in [0.4, 0.5) is 5.69 Å². The zero-order valence-corrected chi connectivity index (χ0v) is 14.1. The lowest BCUT2D eigenvalue weighted by Gasteiger charge is -2.13. The van der Waals surface area contributed by atoms with Crippen LogP contribution in [-0.2, 0) is 6.54 Å². The normalized spacial score (nSPS) is 10.3. The molecule has 0 heterocycles. The summed E-state index contributed by atoms with van der Waals surface area (Å²) in [6.07, 6.45) is 0. The second-order valence-corrected chi connectivity index (χ2v) is 6.15. The van der Waals surface area contributed by atoms with Gasteiger partial charge in [-0.2, -0.15) is 0 Å². The second kappa shape index (κ2) is 6.64. The van der Waals surface area contributed by atoms with E-state index in [0.29, 0.717) is 6.54 Å². The number of anilines is 1. The van der Waals surface area contributed by atoms with Crippen molar-refractivity contribution in [2.45, 2.75) is 6.54 Å². The van der Waals surface area contributed by atoms with E-state index in [4.69, 9.17) is 16.3 Å². The van der Waals surface area contributed by atoms with Crippen molar-refractivity contribution in [3.8, 4) is 5.75 Å². The van der Waals surface area contributed by atoms with Crippen molar-refractivity contribution in [1.29, 1.82) is 0 Å². The molecule has 100 valence electrons. The zero-order valence-electron chi connectivity index (χ0n) is 10.2. The monoisotopic (exact) mass is 403 g/mol. The summed E-state index contributed by atoms with van der Waals surface area (Å²) < 4.78 is 7.35. The van der Waals surface area contributed by atoms with Gasteiger partial charge in [-0.25, -0.2) is 0 Å². The molecule has 0 aliphatic rings. The van der Waals surface area contributed by atoms with Crippen LogP contribution in [0.2, 0.25) is 5.02 Å². The third-order valence-corrected chi connectivity index (χ3v) is 3.92. The molecule has 0 saturated carbocycles. The molecule has 0 aliphatic carbocycles. The first-order valence-electron chi connectivity index (χ1n) is 5.61. The summed E-state index contributed by atoms with van der Waals surface area (Å²) in [5.41, 5.74) is 2.08. The zero-order chi connectivity index (χ0) is 13.8. The summed E-state index contributed by atoms with van der Waals surface area (Å²) in [4.78, 5) is 0. The lowest BCUT2D eigenvalue weighted by molar-refractivity contribution is 0.407. The second-order valence-electron chi connectivity index (χ2n) is 3.94. The average molecular weight is 406 g/mol. The van der Waals surface area contributed by atoms with Crippen LogP contribution in [0, 0.1) is 0 Å². The molecule has 2 rings (SSSR count). The average Bonchev–Trinajstić information content (AvgIpc) is 2.37. The summed E-state index contributed by atoms with van der Waals surface area (Å²) in [5.74, 6) is 0.838. The van der Waals surface area contributed by atoms with Crippen molar-refractivity contribution in [2.24, 2.45) is 0 Å². The fraction of sp³-hybridized carbons (Fsp3) is 0.143. The van der Waals surface area contributed by atoms with Gasteiger partial charge in [0, 0.05) is 27.3 Å². The molecule has 0 spiro atoms. The highest BCUT2D eigenvalue weighted by Gasteiger charge is 2.09. The lowest BCUT2D eigenvalue weighted by Crippen LogP contribution is -2.02. The molecule has 19 heavy (non-hydrogen) atoms. The first kappa shape index (κ1) is 14.7. The van der Waals surface area contributed by atoms with Gasteiger partial charge in [0.05, 0.1) is 11.6 Å². The number of methoxy groups -OCH3 is 1. The molecule has 0 fully saturated rings. The van der Waals surface area contributed by atoms with Crippen LogP contribution in [0.15, 0.2) is 45.3 Å². The predicted octanol–water partition coefficient (Wildman–Crippen LogP) is 5.49. The van der Waals surface area contributed by atoms with E-state index in [0.717, 1.165) is 31.0 Å². The molecule has 0 amide bonds. The van der Waals surface area contributed by atoms with E-state index in [1.165, 1.54) is 0 Å². The number of ether oxygens (including phenoxy) is 1. The molecule has 5 heteroatoms. The van der Waals surface area contributed by atoms with Gasteiger partial charge in [-0.15, -0.1) is 0 Å². The van der Waals surface area contributed by atoms with Gasteiger partial charge >= 0.3 is 0 Å². The quantitative estimate of drug-likeness (QED) is 0.727. The minimum atomic E-state index is 0.669. The highest BCUT2D eigenvalue weighted by Crippen LogP contribution is 2.33. The van der Waals surface area contributed by atoms with Crippen molar-refractivity contribution in [3.05, 3.63) is 55.9 Å². The van der Waals surface area contributed by atoms with E-state index in [-0.39, 0.29) is 0 Å². The van der Waals surface area contributed by atoms with Crippen molar-refractivity contribution in [1.82, 2.24) is 0 Å². The summed E-state index contributed by atoms with van der Waals surface area (Å²) in [5, 5.41) is 4.07. The van der Waals surface area contributed by atoms with Gasteiger partial charge in [-0.1, -0.05) is 27.5 Å². The first-order chi connectivity index (χ1) is 9.10. The maximum atomic E-state index is 5.86. The number of hydrogen-bond acceptors (Lipinski definition) is 2. The Bertz CT molecular complexity index is 572. The number of nitrogens with one attached hydrogen (secondary N) is 1. The fourth-order valence-electron chi connectivity index (χ4n) is 1.74. The fourth-order valence-corrected chi connectivity index (χ4v) is 3.34. The molecular weight excluding hydrogens is 393 g/mol. The molecule has 2 aromatic carbocycles. The maximum Gasteiger partial charge on any atom is 0.138 e. The minimum Gasteiger partial charge on any atom is -0.495 e. The number of halogens is 3. The maximum absolute atomic E-state index is 5.86. The van der Waals surface area contributed by atoms with Crippen molar-refractivity contribution >= 4 is 49.1 Å². The van der Waals surface area contributed by atoms with Crippen molar-refractivity contribution < 1.29 is 4.74 Å². The van der Waals surface area contributed by atoms with Crippen LogP contribution < -0.4 is 10.1 Å². The molecule has 2 aromatic rings. The number of benzene rings is 2. The molecule has 0 unspecified atom stereocenters. The van der Waals surface area contributed by atoms with Gasteiger partial charge in [0.1, 0.15) is 5.75 Å². The third-order valence-electron chi connectivity index (χ3n) is 2.62. The topological polar surface area (TPSA) is 21.3 Å². The van der Waals surface area contributed by atoms with E-state index >= 15 is 0 Å². The van der Waals surface area contributed by atoms with Gasteiger partial charge < -0.3 is 10.1 Å². The van der Waals surface area contributed by atoms with Crippen molar-refractivity contribution in [3.63, 3.8) is 0 Å². The summed E-state index contributed by atoms with van der Waals surface area (Å²) in [6.45, 7) is 0.669. The molecule has 0 bridgehead atoms. The van der Waals surface area contributed by atoms with E-state index in [1.54, 1.807) is 7.11 Å². The third kappa shape index (κ3) is 3.88. The summed E-state index contributed by atoms with van der Waals surface area (Å²) in [6, 6.07) is 11.6. The molecule has 1 N–H and O–H groups in total. The van der Waals surface area contributed by atoms with E-state index in [2.05, 4.69) is 37.2 Å². The highest BCUT2D eigenvalue weighted by molar-refractivity contribution is 9.11. The largest absolute Gasteiger partial charge is 0.495 e. The lowest BCUT2D eigenvalue weighted by atomic mass is 10.2. The first-order valence-corrected chi connectivity index (χ1v) is 7.58. The van der Waals surface area contributed by atoms with E-state index in [9.17, 15) is 0 Å². The van der Waals surface area contributed by atoms with Crippen LogP contribution in [-0.4, -0.2) is 7.11 Å². The Hall–Kier alpha value is -0.710. The van der Waals surface area contributed by atoms with Crippen LogP contribution in [0.25, 0.3) is 0 Å². The SMILES string of the molecule is COc1c(Br)cc(Br)cc1CNc1ccc(Cl)cc1. The Morgan fingerprint density at radius 3 is 2.47 bits per heavy atom. The van der Waals surface area contributed by atoms with Crippen LogP contribution >= 0.6 is 43.5 Å². The minimum absolute atomic E-state index is 0.669. The van der Waals surface area contributed by atoms with E-state index < -0.39 is 0 Å². The highest BCUT2D eigenvalue weighted by atomic mass is 79.9. The van der Waals surface area contributed by atoms with Gasteiger partial charge in [-0.3, -0.25) is 0 Å². The van der Waals surface area contributed by atoms with Gasteiger partial charge in [0.15, 0.2) is 0 Å². The molecule has 0 radical (unpaired) electrons. The summed E-state index contributed by atoms with van der Waals surface area (Å²) in [7, 11) is 1.67. The standard InChI is InChI=1S/C14H12Br2ClNO/c1-19-14-9(6-10(15)7-13(14)16)8-18-12-4-2-11(17)3-5-12/h2-7,18H,8H2,1H3. The molecule has 0 aromatic heterocycles. The van der Waals surface area contributed by atoms with Crippen LogP contribution in [0.5, 0.6) is 5.75 Å². The van der Waals surface area contributed by atoms with Gasteiger partial charge in [0.25, 0.3) is 0 Å². The van der Waals surface area contributed by atoms with Crippen LogP contribution in [0.3, 0.4) is 0 Å².